The van der Waals surface area contributed by atoms with Gasteiger partial charge < -0.3 is 11.1 Å². The van der Waals surface area contributed by atoms with Crippen molar-refractivity contribution in [3.8, 4) is 0 Å². The Hall–Kier alpha value is -1.17. The summed E-state index contributed by atoms with van der Waals surface area (Å²) in [5, 5.41) is 2.92. The molecule has 0 radical (unpaired) electrons. The SMILES string of the molecule is CC(N)C1CCCN(CC(=O)Nc2ccc(F)cc2Cl)C1. The molecule has 2 rings (SSSR count). The van der Waals surface area contributed by atoms with Crippen LogP contribution in [0.1, 0.15) is 19.8 Å². The molecule has 0 bridgehead atoms. The molecule has 1 saturated heterocycles. The topological polar surface area (TPSA) is 58.4 Å². The monoisotopic (exact) mass is 313 g/mol. The number of anilines is 1. The number of piperidine rings is 1. The van der Waals surface area contributed by atoms with Crippen molar-refractivity contribution in [3.05, 3.63) is 29.0 Å². The summed E-state index contributed by atoms with van der Waals surface area (Å²) in [6, 6.07) is 4.07. The molecule has 6 heteroatoms. The van der Waals surface area contributed by atoms with Crippen LogP contribution in [0.4, 0.5) is 10.1 Å². The first kappa shape index (κ1) is 16.2. The number of hydrogen-bond donors (Lipinski definition) is 2. The van der Waals surface area contributed by atoms with Gasteiger partial charge in [-0.05, 0) is 50.4 Å². The van der Waals surface area contributed by atoms with Crippen LogP contribution < -0.4 is 11.1 Å². The first-order valence-electron chi connectivity index (χ1n) is 7.18. The standard InChI is InChI=1S/C15H21ClFN3O/c1-10(18)11-3-2-6-20(8-11)9-15(21)19-14-5-4-12(17)7-13(14)16/h4-5,7,10-11H,2-3,6,8-9,18H2,1H3,(H,19,21). The molecule has 0 aliphatic carbocycles. The molecule has 2 unspecified atom stereocenters. The van der Waals surface area contributed by atoms with Gasteiger partial charge in [-0.15, -0.1) is 0 Å². The molecule has 3 N–H and O–H groups in total. The Balaban J connectivity index is 1.89. The predicted octanol–water partition coefficient (Wildman–Crippen LogP) is 2.48. The molecule has 116 valence electrons. The lowest BCUT2D eigenvalue weighted by Gasteiger charge is -2.34. The molecule has 21 heavy (non-hydrogen) atoms. The Morgan fingerprint density at radius 2 is 2.38 bits per heavy atom. The molecule has 1 aliphatic heterocycles. The summed E-state index contributed by atoms with van der Waals surface area (Å²) in [5.74, 6) is -0.136. The van der Waals surface area contributed by atoms with E-state index in [2.05, 4.69) is 10.2 Å². The van der Waals surface area contributed by atoms with E-state index in [1.54, 1.807) is 0 Å². The summed E-state index contributed by atoms with van der Waals surface area (Å²) in [4.78, 5) is 14.2. The summed E-state index contributed by atoms with van der Waals surface area (Å²) in [6.45, 7) is 4.04. The molecule has 1 fully saturated rings. The van der Waals surface area contributed by atoms with E-state index in [0.717, 1.165) is 25.9 Å². The lowest BCUT2D eigenvalue weighted by molar-refractivity contribution is -0.117. The van der Waals surface area contributed by atoms with Crippen LogP contribution >= 0.6 is 11.6 Å². The zero-order chi connectivity index (χ0) is 15.4. The van der Waals surface area contributed by atoms with E-state index >= 15 is 0 Å². The van der Waals surface area contributed by atoms with Gasteiger partial charge in [-0.3, -0.25) is 9.69 Å². The van der Waals surface area contributed by atoms with Crippen LogP contribution in [0.15, 0.2) is 18.2 Å². The van der Waals surface area contributed by atoms with Gasteiger partial charge in [-0.2, -0.15) is 0 Å². The van der Waals surface area contributed by atoms with Crippen LogP contribution in [0.2, 0.25) is 5.02 Å². The molecule has 2 atom stereocenters. The van der Waals surface area contributed by atoms with Crippen molar-refractivity contribution in [2.75, 3.05) is 25.0 Å². The van der Waals surface area contributed by atoms with Gasteiger partial charge in [0.05, 0.1) is 17.3 Å². The van der Waals surface area contributed by atoms with Crippen molar-refractivity contribution in [3.63, 3.8) is 0 Å². The molecular formula is C15H21ClFN3O. The number of nitrogens with one attached hydrogen (secondary N) is 1. The van der Waals surface area contributed by atoms with Crippen molar-refractivity contribution in [1.29, 1.82) is 0 Å². The minimum atomic E-state index is -0.422. The number of likely N-dealkylation sites (tertiary alicyclic amines) is 1. The van der Waals surface area contributed by atoms with Crippen molar-refractivity contribution in [1.82, 2.24) is 4.90 Å². The summed E-state index contributed by atoms with van der Waals surface area (Å²) < 4.78 is 13.0. The van der Waals surface area contributed by atoms with Crippen LogP contribution in [0, 0.1) is 11.7 Å². The fraction of sp³-hybridized carbons (Fsp3) is 0.533. The number of hydrogen-bond acceptors (Lipinski definition) is 3. The number of rotatable bonds is 4. The largest absolute Gasteiger partial charge is 0.328 e. The van der Waals surface area contributed by atoms with Crippen molar-refractivity contribution in [2.45, 2.75) is 25.8 Å². The summed E-state index contributed by atoms with van der Waals surface area (Å²) in [5.41, 5.74) is 6.37. The van der Waals surface area contributed by atoms with Crippen LogP contribution in [-0.4, -0.2) is 36.5 Å². The number of nitrogens with zero attached hydrogens (tertiary/aromatic N) is 1. The van der Waals surface area contributed by atoms with Gasteiger partial charge >= 0.3 is 0 Å². The Bertz CT molecular complexity index is 510. The highest BCUT2D eigenvalue weighted by Gasteiger charge is 2.24. The fourth-order valence-corrected chi connectivity index (χ4v) is 2.86. The van der Waals surface area contributed by atoms with Crippen LogP contribution in [-0.2, 0) is 4.79 Å². The predicted molar refractivity (Wildman–Crippen MR) is 82.9 cm³/mol. The summed E-state index contributed by atoms with van der Waals surface area (Å²) in [7, 11) is 0. The number of amides is 1. The molecular weight excluding hydrogens is 293 g/mol. The zero-order valence-corrected chi connectivity index (χ0v) is 12.9. The highest BCUT2D eigenvalue weighted by atomic mass is 35.5. The van der Waals surface area contributed by atoms with Gasteiger partial charge in [0.1, 0.15) is 5.82 Å². The van der Waals surface area contributed by atoms with Gasteiger partial charge in [0.25, 0.3) is 0 Å². The molecule has 4 nitrogen and oxygen atoms in total. The van der Waals surface area contributed by atoms with Gasteiger partial charge in [-0.1, -0.05) is 11.6 Å². The van der Waals surface area contributed by atoms with E-state index in [1.807, 2.05) is 6.92 Å². The van der Waals surface area contributed by atoms with Crippen LogP contribution in [0.3, 0.4) is 0 Å². The Morgan fingerprint density at radius 1 is 1.62 bits per heavy atom. The minimum absolute atomic E-state index is 0.141. The average molecular weight is 314 g/mol. The first-order valence-corrected chi connectivity index (χ1v) is 7.56. The smallest absolute Gasteiger partial charge is 0.238 e. The maximum Gasteiger partial charge on any atom is 0.238 e. The van der Waals surface area contributed by atoms with E-state index in [4.69, 9.17) is 17.3 Å². The normalized spacial score (nSPS) is 21.0. The Kier molecular flexibility index (Phi) is 5.56. The molecule has 0 saturated carbocycles. The van der Waals surface area contributed by atoms with Gasteiger partial charge in [0, 0.05) is 12.6 Å². The van der Waals surface area contributed by atoms with E-state index < -0.39 is 5.82 Å². The average Bonchev–Trinajstić information content (AvgIpc) is 2.42. The van der Waals surface area contributed by atoms with E-state index in [9.17, 15) is 9.18 Å². The second-order valence-electron chi connectivity index (χ2n) is 5.67. The van der Waals surface area contributed by atoms with Crippen LogP contribution in [0.5, 0.6) is 0 Å². The van der Waals surface area contributed by atoms with E-state index in [0.29, 0.717) is 18.2 Å². The second kappa shape index (κ2) is 7.20. The third-order valence-corrected chi connectivity index (χ3v) is 4.17. The molecule has 0 aromatic heterocycles. The molecule has 0 spiro atoms. The molecule has 1 aliphatic rings. The lowest BCUT2D eigenvalue weighted by Crippen LogP contribution is -2.45. The number of nitrogens with two attached hydrogens (primary N) is 1. The minimum Gasteiger partial charge on any atom is -0.328 e. The first-order chi connectivity index (χ1) is 9.95. The summed E-state index contributed by atoms with van der Waals surface area (Å²) >= 11 is 5.90. The van der Waals surface area contributed by atoms with Gasteiger partial charge in [0.2, 0.25) is 5.91 Å². The number of carbonyl (C=O) groups excluding carboxylic acids is 1. The number of halogens is 2. The molecule has 1 aromatic rings. The Labute approximate surface area is 129 Å². The number of benzene rings is 1. The van der Waals surface area contributed by atoms with Crippen molar-refractivity contribution < 1.29 is 9.18 Å². The van der Waals surface area contributed by atoms with E-state index in [1.165, 1.54) is 18.2 Å². The highest BCUT2D eigenvalue weighted by molar-refractivity contribution is 6.33. The highest BCUT2D eigenvalue weighted by Crippen LogP contribution is 2.23. The summed E-state index contributed by atoms with van der Waals surface area (Å²) in [6.07, 6.45) is 2.16. The van der Waals surface area contributed by atoms with Crippen molar-refractivity contribution in [2.24, 2.45) is 11.7 Å². The Morgan fingerprint density at radius 3 is 3.05 bits per heavy atom. The second-order valence-corrected chi connectivity index (χ2v) is 6.08. The van der Waals surface area contributed by atoms with Crippen LogP contribution in [0.25, 0.3) is 0 Å². The lowest BCUT2D eigenvalue weighted by atomic mass is 9.92. The zero-order valence-electron chi connectivity index (χ0n) is 12.1. The van der Waals surface area contributed by atoms with Gasteiger partial charge in [0.15, 0.2) is 0 Å². The maximum absolute atomic E-state index is 13.0. The molecule has 1 aromatic carbocycles. The third kappa shape index (κ3) is 4.66. The van der Waals surface area contributed by atoms with E-state index in [-0.39, 0.29) is 17.0 Å². The fourth-order valence-electron chi connectivity index (χ4n) is 2.65. The molecule has 1 amide bonds. The number of carbonyl (C=O) groups is 1. The molecule has 1 heterocycles. The van der Waals surface area contributed by atoms with Crippen molar-refractivity contribution >= 4 is 23.2 Å². The quantitative estimate of drug-likeness (QED) is 0.898. The maximum atomic E-state index is 13.0. The van der Waals surface area contributed by atoms with Gasteiger partial charge in [-0.25, -0.2) is 4.39 Å². The third-order valence-electron chi connectivity index (χ3n) is 3.86.